The Labute approximate surface area is 334 Å². The van der Waals surface area contributed by atoms with Gasteiger partial charge in [-0.25, -0.2) is 13.8 Å². The molecule has 9 rings (SSSR count). The molecule has 58 heavy (non-hydrogen) atoms. The van der Waals surface area contributed by atoms with Crippen molar-refractivity contribution in [3.63, 3.8) is 0 Å². The van der Waals surface area contributed by atoms with Crippen molar-refractivity contribution in [3.8, 4) is 24.1 Å². The highest BCUT2D eigenvalue weighted by atomic mass is 19.1. The van der Waals surface area contributed by atoms with Crippen LogP contribution in [0.2, 0.25) is 0 Å². The van der Waals surface area contributed by atoms with E-state index in [0.29, 0.717) is 67.2 Å². The lowest BCUT2D eigenvalue weighted by molar-refractivity contribution is 0.0511. The van der Waals surface area contributed by atoms with Crippen LogP contribution in [0.15, 0.2) is 30.3 Å². The zero-order valence-electron chi connectivity index (χ0n) is 32.8. The maximum absolute atomic E-state index is 15.3. The molecule has 14 nitrogen and oxygen atoms in total. The van der Waals surface area contributed by atoms with Crippen molar-refractivity contribution in [2.45, 2.75) is 75.8 Å². The molecule has 16 heteroatoms. The van der Waals surface area contributed by atoms with Gasteiger partial charge in [-0.15, -0.1) is 6.42 Å². The molecule has 0 spiro atoms. The lowest BCUT2D eigenvalue weighted by Gasteiger charge is -2.31. The van der Waals surface area contributed by atoms with Gasteiger partial charge in [-0.3, -0.25) is 19.2 Å². The second kappa shape index (κ2) is 14.9. The molecular weight excluding hydrogens is 749 g/mol. The number of rotatable bonds is 11. The van der Waals surface area contributed by atoms with E-state index in [0.717, 1.165) is 44.3 Å². The molecular formula is C42H45F2N9O5. The van der Waals surface area contributed by atoms with E-state index in [-0.39, 0.29) is 59.3 Å². The second-order valence-electron chi connectivity index (χ2n) is 16.0. The number of alkyl halides is 1. The van der Waals surface area contributed by atoms with Crippen molar-refractivity contribution < 1.29 is 32.6 Å². The lowest BCUT2D eigenvalue weighted by Crippen LogP contribution is -2.43. The van der Waals surface area contributed by atoms with Gasteiger partial charge in [0.1, 0.15) is 29.9 Å². The molecule has 2 atom stereocenters. The van der Waals surface area contributed by atoms with Gasteiger partial charge in [-0.2, -0.15) is 15.1 Å². The number of hydrogen-bond acceptors (Lipinski definition) is 11. The molecule has 1 saturated carbocycles. The third-order valence-electron chi connectivity index (χ3n) is 12.1. The van der Waals surface area contributed by atoms with Crippen molar-refractivity contribution in [3.05, 3.63) is 64.5 Å². The highest BCUT2D eigenvalue weighted by Crippen LogP contribution is 2.43. The lowest BCUT2D eigenvalue weighted by atomic mass is 9.91. The van der Waals surface area contributed by atoms with Crippen molar-refractivity contribution in [2.75, 3.05) is 59.1 Å². The van der Waals surface area contributed by atoms with Gasteiger partial charge >= 0.3 is 6.01 Å². The fraction of sp³-hybridized carbons (Fsp3) is 0.476. The molecule has 2 saturated heterocycles. The SMILES string of the molecule is C#Cc1c(F)ccc2cc(OCOC)cc(C(=O)c3nc4nc(OC[C@@]56CCCN5C[C@H](F)C6)nc(N5CCCn6nc(C(=O)N(C)C)cc6C5)c4n3C3CCC3)c12. The minimum atomic E-state index is -0.932. The molecule has 0 bridgehead atoms. The Hall–Kier alpha value is -5.66. The maximum Gasteiger partial charge on any atom is 0.320 e. The minimum absolute atomic E-state index is 0.0438. The number of terminal acetylenes is 1. The summed E-state index contributed by atoms with van der Waals surface area (Å²) in [5.41, 5.74) is 1.62. The first-order valence-electron chi connectivity index (χ1n) is 19.8. The highest BCUT2D eigenvalue weighted by molar-refractivity contribution is 6.17. The highest BCUT2D eigenvalue weighted by Gasteiger charge is 2.49. The third kappa shape index (κ3) is 6.50. The number of benzene rings is 2. The summed E-state index contributed by atoms with van der Waals surface area (Å²) in [7, 11) is 4.88. The number of nitrogens with zero attached hydrogens (tertiary/aromatic N) is 9. The van der Waals surface area contributed by atoms with Gasteiger partial charge in [0, 0.05) is 64.3 Å². The number of ketones is 1. The topological polar surface area (TPSA) is 133 Å². The number of halogens is 2. The smallest absolute Gasteiger partial charge is 0.320 e. The summed E-state index contributed by atoms with van der Waals surface area (Å²) in [5, 5.41) is 5.42. The standard InChI is InChI=1S/C42H45F2N9O5/c1-5-30-32(44)12-11-25-17-29(58-24-56-4)19-31(34(25)30)36(54)39-45-37-35(53(39)27-9-6-10-27)38(47-41(46-37)57-23-42-13-7-15-51(42)21-26(43)20-42)50-14-8-16-52-28(22-50)18-33(48-52)40(55)49(2)3/h1,11-12,17-19,26-27H,6-10,13-16,20-24H2,2-4H3/t26-,42+/m1/s1. The van der Waals surface area contributed by atoms with Crippen molar-refractivity contribution in [2.24, 2.45) is 0 Å². The zero-order chi connectivity index (χ0) is 40.3. The Bertz CT molecular complexity index is 2490. The number of hydrogen-bond donors (Lipinski definition) is 0. The van der Waals surface area contributed by atoms with Crippen LogP contribution in [0.4, 0.5) is 14.6 Å². The van der Waals surface area contributed by atoms with Crippen molar-refractivity contribution in [1.29, 1.82) is 0 Å². The molecule has 1 amide bonds. The predicted molar refractivity (Wildman–Crippen MR) is 210 cm³/mol. The average Bonchev–Trinajstić information content (AvgIpc) is 3.92. The van der Waals surface area contributed by atoms with E-state index < -0.39 is 23.3 Å². The molecule has 0 N–H and O–H groups in total. The molecule has 6 heterocycles. The number of fused-ring (bicyclic) bond motifs is 4. The maximum atomic E-state index is 15.3. The number of carbonyl (C=O) groups is 2. The van der Waals surface area contributed by atoms with Gasteiger partial charge in [0.2, 0.25) is 5.78 Å². The Kier molecular flexibility index (Phi) is 9.76. The molecule has 0 radical (unpaired) electrons. The van der Waals surface area contributed by atoms with Crippen LogP contribution in [0.1, 0.15) is 88.9 Å². The van der Waals surface area contributed by atoms with Crippen LogP contribution in [0.3, 0.4) is 0 Å². The van der Waals surface area contributed by atoms with Gasteiger partial charge in [-0.1, -0.05) is 12.0 Å². The molecule has 5 aromatic rings. The van der Waals surface area contributed by atoms with E-state index in [1.54, 1.807) is 32.3 Å². The van der Waals surface area contributed by atoms with Crippen LogP contribution >= 0.6 is 0 Å². The normalized spacial score (nSPS) is 20.8. The third-order valence-corrected chi connectivity index (χ3v) is 12.1. The Morgan fingerprint density at radius 1 is 1.05 bits per heavy atom. The van der Waals surface area contributed by atoms with E-state index in [1.807, 2.05) is 15.3 Å². The number of aromatic nitrogens is 6. The number of anilines is 1. The summed E-state index contributed by atoms with van der Waals surface area (Å²) in [5.74, 6) is 2.09. The number of amides is 1. The van der Waals surface area contributed by atoms with E-state index >= 15 is 9.18 Å². The summed E-state index contributed by atoms with van der Waals surface area (Å²) in [6.45, 7) is 2.83. The van der Waals surface area contributed by atoms with E-state index in [1.165, 1.54) is 18.1 Å². The average molecular weight is 794 g/mol. The number of ether oxygens (including phenoxy) is 3. The second-order valence-corrected chi connectivity index (χ2v) is 16.0. The Morgan fingerprint density at radius 3 is 2.66 bits per heavy atom. The molecule has 3 aromatic heterocycles. The van der Waals surface area contributed by atoms with Gasteiger partial charge in [0.25, 0.3) is 5.91 Å². The largest absolute Gasteiger partial charge is 0.468 e. The minimum Gasteiger partial charge on any atom is -0.468 e. The van der Waals surface area contributed by atoms with Crippen LogP contribution in [-0.4, -0.2) is 117 Å². The van der Waals surface area contributed by atoms with Crippen LogP contribution in [0.5, 0.6) is 11.8 Å². The molecule has 2 aromatic carbocycles. The quantitative estimate of drug-likeness (QED) is 0.0981. The summed E-state index contributed by atoms with van der Waals surface area (Å²) in [4.78, 5) is 48.7. The van der Waals surface area contributed by atoms with Crippen LogP contribution in [-0.2, 0) is 17.8 Å². The Balaban J connectivity index is 1.21. The van der Waals surface area contributed by atoms with Crippen molar-refractivity contribution >= 4 is 39.4 Å². The van der Waals surface area contributed by atoms with Gasteiger partial charge in [-0.05, 0) is 74.7 Å². The number of aryl methyl sites for hydroxylation is 1. The first-order valence-corrected chi connectivity index (χ1v) is 19.8. The molecule has 1 aliphatic carbocycles. The zero-order valence-corrected chi connectivity index (χ0v) is 32.8. The summed E-state index contributed by atoms with van der Waals surface area (Å²) < 4.78 is 51.2. The monoisotopic (exact) mass is 793 g/mol. The van der Waals surface area contributed by atoms with Gasteiger partial charge in [0.05, 0.1) is 23.3 Å². The number of methoxy groups -OCH3 is 1. The fourth-order valence-corrected chi connectivity index (χ4v) is 9.10. The summed E-state index contributed by atoms with van der Waals surface area (Å²) >= 11 is 0. The van der Waals surface area contributed by atoms with Crippen LogP contribution in [0.25, 0.3) is 21.9 Å². The van der Waals surface area contributed by atoms with Crippen LogP contribution < -0.4 is 14.4 Å². The predicted octanol–water partition coefficient (Wildman–Crippen LogP) is 5.30. The van der Waals surface area contributed by atoms with Crippen molar-refractivity contribution in [1.82, 2.24) is 39.1 Å². The molecule has 302 valence electrons. The summed E-state index contributed by atoms with van der Waals surface area (Å²) in [6, 6.07) is 7.85. The van der Waals surface area contributed by atoms with E-state index in [9.17, 15) is 9.18 Å². The molecule has 4 aliphatic rings. The van der Waals surface area contributed by atoms with Gasteiger partial charge < -0.3 is 28.6 Å². The van der Waals surface area contributed by atoms with E-state index in [2.05, 4.69) is 20.8 Å². The van der Waals surface area contributed by atoms with Crippen LogP contribution in [0, 0.1) is 18.2 Å². The van der Waals surface area contributed by atoms with Gasteiger partial charge in [0.15, 0.2) is 29.8 Å². The number of imidazole rings is 1. The Morgan fingerprint density at radius 2 is 1.90 bits per heavy atom. The first kappa shape index (κ1) is 37.9. The van der Waals surface area contributed by atoms with E-state index in [4.69, 9.17) is 35.6 Å². The summed E-state index contributed by atoms with van der Waals surface area (Å²) in [6.07, 6.45) is 10.3. The molecule has 0 unspecified atom stereocenters. The fourth-order valence-electron chi connectivity index (χ4n) is 9.10. The first-order chi connectivity index (χ1) is 28.1. The molecule has 3 fully saturated rings. The number of carbonyl (C=O) groups excluding carboxylic acids is 2. The molecule has 3 aliphatic heterocycles.